The lowest BCUT2D eigenvalue weighted by Crippen LogP contribution is -2.38. The summed E-state index contributed by atoms with van der Waals surface area (Å²) >= 11 is 0. The van der Waals surface area contributed by atoms with E-state index in [1.165, 1.54) is 24.3 Å². The van der Waals surface area contributed by atoms with E-state index in [-0.39, 0.29) is 29.5 Å². The van der Waals surface area contributed by atoms with Crippen LogP contribution < -0.4 is 14.1 Å². The van der Waals surface area contributed by atoms with E-state index < -0.39 is 24.7 Å². The van der Waals surface area contributed by atoms with Gasteiger partial charge in [0.1, 0.15) is 17.5 Å². The zero-order valence-corrected chi connectivity index (χ0v) is 16.2. The molecule has 28 heavy (non-hydrogen) atoms. The van der Waals surface area contributed by atoms with Crippen LogP contribution in [0.2, 0.25) is 0 Å². The predicted octanol–water partition coefficient (Wildman–Crippen LogP) is 4.25. The first-order chi connectivity index (χ1) is 13.2. The van der Waals surface area contributed by atoms with Gasteiger partial charge in [0.05, 0.1) is 4.92 Å². The number of nitro benzene ring substituents is 1. The van der Waals surface area contributed by atoms with Crippen LogP contribution in [0.15, 0.2) is 54.6 Å². The van der Waals surface area contributed by atoms with Gasteiger partial charge in [-0.1, -0.05) is 32.0 Å². The second-order valence-electron chi connectivity index (χ2n) is 6.39. The average Bonchev–Trinajstić information content (AvgIpc) is 2.61. The summed E-state index contributed by atoms with van der Waals surface area (Å²) in [4.78, 5) is 21.8. The van der Waals surface area contributed by atoms with Gasteiger partial charge in [-0.25, -0.2) is 4.57 Å². The molecule has 2 aromatic rings. The molecule has 2 aromatic carbocycles. The van der Waals surface area contributed by atoms with Gasteiger partial charge < -0.3 is 14.2 Å². The van der Waals surface area contributed by atoms with Crippen molar-refractivity contribution < 1.29 is 28.4 Å². The Morgan fingerprint density at radius 3 is 2.11 bits per heavy atom. The van der Waals surface area contributed by atoms with Gasteiger partial charge in [-0.15, -0.1) is 0 Å². The summed E-state index contributed by atoms with van der Waals surface area (Å²) in [6.07, 6.45) is 0.196. The smallest absolute Gasteiger partial charge is 0.480 e. The molecule has 0 bridgehead atoms. The zero-order chi connectivity index (χ0) is 20.7. The van der Waals surface area contributed by atoms with Gasteiger partial charge in [0.2, 0.25) is 0 Å². The van der Waals surface area contributed by atoms with Crippen LogP contribution in [0.1, 0.15) is 20.3 Å². The highest BCUT2D eigenvalue weighted by Crippen LogP contribution is 2.45. The maximum absolute atomic E-state index is 13.3. The molecular weight excluding hydrogens is 387 g/mol. The van der Waals surface area contributed by atoms with Gasteiger partial charge in [-0.3, -0.25) is 14.9 Å². The van der Waals surface area contributed by atoms with Crippen LogP contribution in [-0.2, 0) is 9.36 Å². The third kappa shape index (κ3) is 6.37. The number of benzene rings is 2. The lowest BCUT2D eigenvalue weighted by Gasteiger charge is -2.24. The number of carboxylic acid groups (broad SMARTS) is 1. The van der Waals surface area contributed by atoms with E-state index in [1.807, 2.05) is 13.8 Å². The van der Waals surface area contributed by atoms with Gasteiger partial charge in [0, 0.05) is 12.1 Å². The number of carbonyl (C=O) groups is 1. The second-order valence-corrected chi connectivity index (χ2v) is 8.01. The van der Waals surface area contributed by atoms with Crippen molar-refractivity contribution in [3.63, 3.8) is 0 Å². The summed E-state index contributed by atoms with van der Waals surface area (Å²) in [6.45, 7) is 3.66. The first-order valence-electron chi connectivity index (χ1n) is 8.48. The summed E-state index contributed by atoms with van der Waals surface area (Å²) in [5.74, 6) is -0.934. The van der Waals surface area contributed by atoms with E-state index in [1.54, 1.807) is 30.3 Å². The number of nitro groups is 1. The summed E-state index contributed by atoms with van der Waals surface area (Å²) in [7, 11) is -4.17. The normalized spacial score (nSPS) is 14.1. The highest BCUT2D eigenvalue weighted by molar-refractivity contribution is 7.52. The van der Waals surface area contributed by atoms with Crippen LogP contribution in [0, 0.1) is 16.0 Å². The highest BCUT2D eigenvalue weighted by atomic mass is 31.2. The first kappa shape index (κ1) is 21.4. The Kier molecular flexibility index (Phi) is 7.14. The molecule has 150 valence electrons. The van der Waals surface area contributed by atoms with E-state index in [2.05, 4.69) is 5.09 Å². The molecular formula is C18H21N2O7P. The fourth-order valence-corrected chi connectivity index (χ4v) is 3.87. The lowest BCUT2D eigenvalue weighted by molar-refractivity contribution is -0.384. The van der Waals surface area contributed by atoms with Gasteiger partial charge >= 0.3 is 13.7 Å². The number of para-hydroxylation sites is 1. The van der Waals surface area contributed by atoms with E-state index in [9.17, 15) is 24.6 Å². The molecule has 0 amide bonds. The molecule has 0 spiro atoms. The van der Waals surface area contributed by atoms with Crippen LogP contribution in [0.25, 0.3) is 0 Å². The Balaban J connectivity index is 2.30. The average molecular weight is 408 g/mol. The first-order valence-corrected chi connectivity index (χ1v) is 10.0. The van der Waals surface area contributed by atoms with E-state index in [0.29, 0.717) is 0 Å². The molecule has 1 unspecified atom stereocenters. The number of nitrogens with zero attached hydrogens (tertiary/aromatic N) is 1. The Labute approximate surface area is 162 Å². The lowest BCUT2D eigenvalue weighted by atomic mass is 10.1. The number of nitrogens with one attached hydrogen (secondary N) is 1. The number of non-ortho nitro benzene ring substituents is 1. The topological polar surface area (TPSA) is 128 Å². The molecule has 2 N–H and O–H groups in total. The zero-order valence-electron chi connectivity index (χ0n) is 15.3. The van der Waals surface area contributed by atoms with Crippen LogP contribution in [-0.4, -0.2) is 22.0 Å². The maximum Gasteiger partial charge on any atom is 0.513 e. The van der Waals surface area contributed by atoms with Crippen LogP contribution in [0.4, 0.5) is 5.69 Å². The van der Waals surface area contributed by atoms with Gasteiger partial charge in [-0.2, -0.15) is 5.09 Å². The number of carboxylic acids is 1. The number of aliphatic carboxylic acids is 1. The summed E-state index contributed by atoms with van der Waals surface area (Å²) in [6, 6.07) is 11.9. The minimum absolute atomic E-state index is 0.0122. The SMILES string of the molecule is CC(C)C[C@H](NP(=O)(Oc1ccccc1)Oc1ccc([N+](=O)[O-])cc1)C(=O)O. The van der Waals surface area contributed by atoms with E-state index in [0.717, 1.165) is 0 Å². The molecule has 0 aliphatic carbocycles. The second kappa shape index (κ2) is 9.34. The van der Waals surface area contributed by atoms with Gasteiger partial charge in [-0.05, 0) is 36.6 Å². The van der Waals surface area contributed by atoms with Gasteiger partial charge in [0.25, 0.3) is 5.69 Å². The minimum atomic E-state index is -4.17. The van der Waals surface area contributed by atoms with Crippen molar-refractivity contribution in [2.75, 3.05) is 0 Å². The van der Waals surface area contributed by atoms with Crippen LogP contribution in [0.3, 0.4) is 0 Å². The molecule has 0 heterocycles. The fourth-order valence-electron chi connectivity index (χ4n) is 2.33. The molecule has 0 aliphatic heterocycles. The number of rotatable bonds is 10. The largest absolute Gasteiger partial charge is 0.513 e. The highest BCUT2D eigenvalue weighted by Gasteiger charge is 2.35. The number of hydrogen-bond donors (Lipinski definition) is 2. The molecule has 10 heteroatoms. The van der Waals surface area contributed by atoms with Crippen LogP contribution >= 0.6 is 7.75 Å². The van der Waals surface area contributed by atoms with E-state index >= 15 is 0 Å². The third-order valence-electron chi connectivity index (χ3n) is 3.56. The molecule has 2 atom stereocenters. The summed E-state index contributed by atoms with van der Waals surface area (Å²) in [5.41, 5.74) is -0.165. The standard InChI is InChI=1S/C18H21N2O7P/c1-13(2)12-17(18(21)22)19-28(25,26-15-6-4-3-5-7-15)27-16-10-8-14(9-11-16)20(23)24/h3-11,13,17H,12H2,1-2H3,(H,19,25)(H,21,22)/t17-,28?/m0/s1. The Morgan fingerprint density at radius 1 is 1.11 bits per heavy atom. The molecule has 0 saturated carbocycles. The maximum atomic E-state index is 13.3. The fraction of sp³-hybridized carbons (Fsp3) is 0.278. The van der Waals surface area contributed by atoms with Crippen molar-refractivity contribution in [3.05, 3.63) is 64.7 Å². The Bertz CT molecular complexity index is 856. The van der Waals surface area contributed by atoms with Crippen molar-refractivity contribution in [1.29, 1.82) is 0 Å². The summed E-state index contributed by atoms with van der Waals surface area (Å²) < 4.78 is 24.2. The number of hydrogen-bond acceptors (Lipinski definition) is 6. The molecule has 0 aromatic heterocycles. The van der Waals surface area contributed by atoms with Crippen molar-refractivity contribution in [3.8, 4) is 11.5 Å². The van der Waals surface area contributed by atoms with Crippen molar-refractivity contribution >= 4 is 19.4 Å². The van der Waals surface area contributed by atoms with Crippen molar-refractivity contribution in [1.82, 2.24) is 5.09 Å². The van der Waals surface area contributed by atoms with Crippen molar-refractivity contribution in [2.24, 2.45) is 5.92 Å². The van der Waals surface area contributed by atoms with E-state index in [4.69, 9.17) is 9.05 Å². The molecule has 0 fully saturated rings. The Hall–Kier alpha value is -2.90. The van der Waals surface area contributed by atoms with Crippen LogP contribution in [0.5, 0.6) is 11.5 Å². The molecule has 0 saturated heterocycles. The molecule has 9 nitrogen and oxygen atoms in total. The Morgan fingerprint density at radius 2 is 1.64 bits per heavy atom. The minimum Gasteiger partial charge on any atom is -0.480 e. The monoisotopic (exact) mass is 408 g/mol. The summed E-state index contributed by atoms with van der Waals surface area (Å²) in [5, 5.41) is 22.7. The van der Waals surface area contributed by atoms with Gasteiger partial charge in [0.15, 0.2) is 0 Å². The molecule has 0 aliphatic rings. The predicted molar refractivity (Wildman–Crippen MR) is 102 cm³/mol. The molecule has 0 radical (unpaired) electrons. The quantitative estimate of drug-likeness (QED) is 0.339. The third-order valence-corrected chi connectivity index (χ3v) is 5.09. The molecule has 2 rings (SSSR count). The van der Waals surface area contributed by atoms with Crippen molar-refractivity contribution in [2.45, 2.75) is 26.3 Å².